The van der Waals surface area contributed by atoms with Crippen molar-refractivity contribution in [2.45, 2.75) is 27.3 Å². The summed E-state index contributed by atoms with van der Waals surface area (Å²) < 4.78 is 2.85. The summed E-state index contributed by atoms with van der Waals surface area (Å²) in [5, 5.41) is 15.3. The standard InChI is InChI=1S/C18H17ClN4S/c1-11(2)10-23-17(19)14(12(3)22-23)8-13(9-20)18-21-15-6-4-5-7-16(15)24-18/h4-8,11H,10H2,1-3H3/b13-8+. The highest BCUT2D eigenvalue weighted by molar-refractivity contribution is 7.19. The topological polar surface area (TPSA) is 54.5 Å². The molecule has 3 aromatic rings. The highest BCUT2D eigenvalue weighted by atomic mass is 35.5. The largest absolute Gasteiger partial charge is 0.253 e. The minimum Gasteiger partial charge on any atom is -0.253 e. The zero-order valence-electron chi connectivity index (χ0n) is 13.7. The number of nitriles is 1. The van der Waals surface area contributed by atoms with Crippen LogP contribution in [0.4, 0.5) is 0 Å². The highest BCUT2D eigenvalue weighted by Crippen LogP contribution is 2.30. The van der Waals surface area contributed by atoms with Crippen LogP contribution in [-0.2, 0) is 6.54 Å². The van der Waals surface area contributed by atoms with Crippen molar-refractivity contribution in [1.82, 2.24) is 14.8 Å². The molecule has 0 N–H and O–H groups in total. The molecule has 0 spiro atoms. The summed E-state index contributed by atoms with van der Waals surface area (Å²) in [6.45, 7) is 6.88. The molecule has 4 nitrogen and oxygen atoms in total. The lowest BCUT2D eigenvalue weighted by Crippen LogP contribution is -2.06. The molecule has 2 aromatic heterocycles. The van der Waals surface area contributed by atoms with E-state index < -0.39 is 0 Å². The molecule has 0 aliphatic carbocycles. The molecule has 0 unspecified atom stereocenters. The van der Waals surface area contributed by atoms with Gasteiger partial charge in [0, 0.05) is 12.1 Å². The quantitative estimate of drug-likeness (QED) is 0.605. The monoisotopic (exact) mass is 356 g/mol. The first-order valence-electron chi connectivity index (χ1n) is 7.70. The third-order valence-electron chi connectivity index (χ3n) is 3.58. The van der Waals surface area contributed by atoms with Gasteiger partial charge in [-0.1, -0.05) is 37.6 Å². The van der Waals surface area contributed by atoms with Gasteiger partial charge in [0.25, 0.3) is 0 Å². The number of hydrogen-bond donors (Lipinski definition) is 0. The molecule has 24 heavy (non-hydrogen) atoms. The van der Waals surface area contributed by atoms with Gasteiger partial charge in [-0.2, -0.15) is 10.4 Å². The van der Waals surface area contributed by atoms with Crippen molar-refractivity contribution in [1.29, 1.82) is 5.26 Å². The molecule has 0 amide bonds. The Balaban J connectivity index is 2.05. The van der Waals surface area contributed by atoms with Gasteiger partial charge in [0.15, 0.2) is 0 Å². The van der Waals surface area contributed by atoms with E-state index in [1.165, 1.54) is 11.3 Å². The van der Waals surface area contributed by atoms with E-state index in [0.29, 0.717) is 21.7 Å². The lowest BCUT2D eigenvalue weighted by atomic mass is 10.1. The number of nitrogens with zero attached hydrogens (tertiary/aromatic N) is 4. The first-order valence-corrected chi connectivity index (χ1v) is 8.89. The fourth-order valence-electron chi connectivity index (χ4n) is 2.47. The number of aromatic nitrogens is 3. The van der Waals surface area contributed by atoms with Crippen molar-refractivity contribution in [3.63, 3.8) is 0 Å². The molecule has 3 rings (SSSR count). The predicted molar refractivity (Wildman–Crippen MR) is 99.9 cm³/mol. The van der Waals surface area contributed by atoms with Crippen LogP contribution in [0.1, 0.15) is 30.1 Å². The molecule has 0 fully saturated rings. The number of para-hydroxylation sites is 1. The predicted octanol–water partition coefficient (Wildman–Crippen LogP) is 5.17. The van der Waals surface area contributed by atoms with Crippen LogP contribution in [0.5, 0.6) is 0 Å². The van der Waals surface area contributed by atoms with Crippen LogP contribution < -0.4 is 0 Å². The number of aryl methyl sites for hydroxylation is 1. The van der Waals surface area contributed by atoms with Crippen LogP contribution >= 0.6 is 22.9 Å². The second kappa shape index (κ2) is 6.76. The molecule has 122 valence electrons. The first kappa shape index (κ1) is 16.7. The number of thiazole rings is 1. The van der Waals surface area contributed by atoms with Gasteiger partial charge < -0.3 is 0 Å². The Morgan fingerprint density at radius 2 is 2.17 bits per heavy atom. The van der Waals surface area contributed by atoms with E-state index in [1.807, 2.05) is 31.2 Å². The van der Waals surface area contributed by atoms with Crippen LogP contribution in [0.15, 0.2) is 24.3 Å². The van der Waals surface area contributed by atoms with Gasteiger partial charge in [0.05, 0.1) is 21.5 Å². The molecule has 0 radical (unpaired) electrons. The van der Waals surface area contributed by atoms with Gasteiger partial charge in [-0.05, 0) is 31.1 Å². The van der Waals surface area contributed by atoms with Crippen LogP contribution in [0.25, 0.3) is 21.9 Å². The van der Waals surface area contributed by atoms with Crippen LogP contribution in [-0.4, -0.2) is 14.8 Å². The molecular weight excluding hydrogens is 340 g/mol. The van der Waals surface area contributed by atoms with Crippen molar-refractivity contribution in [3.05, 3.63) is 45.7 Å². The van der Waals surface area contributed by atoms with Gasteiger partial charge in [-0.25, -0.2) is 4.98 Å². The average Bonchev–Trinajstić information content (AvgIpc) is 3.07. The number of allylic oxidation sites excluding steroid dienone is 1. The summed E-state index contributed by atoms with van der Waals surface area (Å²) in [6, 6.07) is 10.1. The summed E-state index contributed by atoms with van der Waals surface area (Å²) >= 11 is 7.98. The van der Waals surface area contributed by atoms with E-state index >= 15 is 0 Å². The molecule has 0 bridgehead atoms. The van der Waals surface area contributed by atoms with Crippen molar-refractivity contribution in [2.75, 3.05) is 0 Å². The van der Waals surface area contributed by atoms with E-state index in [4.69, 9.17) is 11.6 Å². The van der Waals surface area contributed by atoms with Crippen molar-refractivity contribution >= 4 is 44.8 Å². The molecule has 0 saturated carbocycles. The Hall–Kier alpha value is -2.16. The Kier molecular flexibility index (Phi) is 4.70. The van der Waals surface area contributed by atoms with Crippen LogP contribution in [0.2, 0.25) is 5.15 Å². The Bertz CT molecular complexity index is 926. The maximum absolute atomic E-state index is 9.58. The zero-order valence-corrected chi connectivity index (χ0v) is 15.3. The van der Waals surface area contributed by atoms with Crippen molar-refractivity contribution in [2.24, 2.45) is 5.92 Å². The number of rotatable bonds is 4. The second-order valence-electron chi connectivity index (χ2n) is 6.02. The van der Waals surface area contributed by atoms with Gasteiger partial charge in [0.1, 0.15) is 16.2 Å². The molecule has 0 atom stereocenters. The van der Waals surface area contributed by atoms with E-state index in [2.05, 4.69) is 30.0 Å². The Labute approximate surface area is 150 Å². The highest BCUT2D eigenvalue weighted by Gasteiger charge is 2.15. The molecule has 0 aliphatic rings. The SMILES string of the molecule is Cc1nn(CC(C)C)c(Cl)c1/C=C(\C#N)c1nc2ccccc2s1. The Morgan fingerprint density at radius 3 is 2.83 bits per heavy atom. The van der Waals surface area contributed by atoms with Gasteiger partial charge >= 0.3 is 0 Å². The minimum absolute atomic E-state index is 0.443. The molecule has 1 aromatic carbocycles. The van der Waals surface area contributed by atoms with E-state index in [9.17, 15) is 5.26 Å². The fourth-order valence-corrected chi connectivity index (χ4v) is 3.70. The minimum atomic E-state index is 0.443. The van der Waals surface area contributed by atoms with Gasteiger partial charge in [-0.3, -0.25) is 4.68 Å². The summed E-state index contributed by atoms with van der Waals surface area (Å²) in [5.74, 6) is 0.443. The van der Waals surface area contributed by atoms with Gasteiger partial charge in [0.2, 0.25) is 0 Å². The third kappa shape index (κ3) is 3.21. The molecule has 0 saturated heterocycles. The maximum atomic E-state index is 9.58. The van der Waals surface area contributed by atoms with Crippen LogP contribution in [0, 0.1) is 24.2 Å². The maximum Gasteiger partial charge on any atom is 0.135 e. The van der Waals surface area contributed by atoms with E-state index in [0.717, 1.165) is 28.0 Å². The number of hydrogen-bond acceptors (Lipinski definition) is 4. The third-order valence-corrected chi connectivity index (χ3v) is 5.05. The number of fused-ring (bicyclic) bond motifs is 1. The Morgan fingerprint density at radius 1 is 1.42 bits per heavy atom. The van der Waals surface area contributed by atoms with Gasteiger partial charge in [-0.15, -0.1) is 11.3 Å². The smallest absolute Gasteiger partial charge is 0.135 e. The normalized spacial score (nSPS) is 12.1. The average molecular weight is 357 g/mol. The van der Waals surface area contributed by atoms with Crippen molar-refractivity contribution < 1.29 is 0 Å². The molecule has 6 heteroatoms. The molecular formula is C18H17ClN4S. The first-order chi connectivity index (χ1) is 11.5. The lowest BCUT2D eigenvalue weighted by molar-refractivity contribution is 0.482. The van der Waals surface area contributed by atoms with Crippen molar-refractivity contribution in [3.8, 4) is 6.07 Å². The second-order valence-corrected chi connectivity index (χ2v) is 7.41. The van der Waals surface area contributed by atoms with E-state index in [-0.39, 0.29) is 0 Å². The molecule has 0 aliphatic heterocycles. The lowest BCUT2D eigenvalue weighted by Gasteiger charge is -2.05. The fraction of sp³-hybridized carbons (Fsp3) is 0.278. The number of benzene rings is 1. The van der Waals surface area contributed by atoms with E-state index in [1.54, 1.807) is 10.8 Å². The summed E-state index contributed by atoms with van der Waals surface area (Å²) in [7, 11) is 0. The summed E-state index contributed by atoms with van der Waals surface area (Å²) in [5.41, 5.74) is 3.00. The summed E-state index contributed by atoms with van der Waals surface area (Å²) in [4.78, 5) is 4.55. The number of halogens is 1. The summed E-state index contributed by atoms with van der Waals surface area (Å²) in [6.07, 6.45) is 1.79. The zero-order chi connectivity index (χ0) is 17.3. The molecule has 2 heterocycles. The van der Waals surface area contributed by atoms with Crippen LogP contribution in [0.3, 0.4) is 0 Å².